The number of alkyl halides is 1. The van der Waals surface area contributed by atoms with E-state index in [1.54, 1.807) is 13.0 Å². The normalized spacial score (nSPS) is 54.0. The van der Waals surface area contributed by atoms with Gasteiger partial charge < -0.3 is 10.2 Å². The predicted octanol–water partition coefficient (Wildman–Crippen LogP) is 2.92. The lowest BCUT2D eigenvalue weighted by atomic mass is 9.43. The van der Waals surface area contributed by atoms with Crippen LogP contribution in [0.1, 0.15) is 53.4 Å². The van der Waals surface area contributed by atoms with Crippen molar-refractivity contribution >= 4 is 11.6 Å². The van der Waals surface area contributed by atoms with E-state index in [-0.39, 0.29) is 29.8 Å². The summed E-state index contributed by atoms with van der Waals surface area (Å²) in [6.45, 7) is 7.01. The predicted molar refractivity (Wildman–Crippen MR) is 98.5 cm³/mol. The van der Waals surface area contributed by atoms with Crippen molar-refractivity contribution in [1.82, 2.24) is 0 Å². The molecule has 0 spiro atoms. The van der Waals surface area contributed by atoms with E-state index >= 15 is 4.39 Å². The minimum Gasteiger partial charge on any atom is -0.390 e. The quantitative estimate of drug-likeness (QED) is 0.738. The van der Waals surface area contributed by atoms with Gasteiger partial charge in [-0.25, -0.2) is 4.39 Å². The van der Waals surface area contributed by atoms with Gasteiger partial charge in [-0.05, 0) is 63.5 Å². The van der Waals surface area contributed by atoms with Gasteiger partial charge in [-0.1, -0.05) is 25.5 Å². The SMILES string of the molecule is CC(=O)[C@@]1(O)CCC2C3CC(C)C4=CC(=O)C=C[C@]4(C)[C@@]3(F)C(O)C[C@@]21C. The fourth-order valence-corrected chi connectivity index (χ4v) is 7.18. The molecule has 148 valence electrons. The van der Waals surface area contributed by atoms with E-state index in [1.165, 1.54) is 19.1 Å². The summed E-state index contributed by atoms with van der Waals surface area (Å²) in [7, 11) is 0. The van der Waals surface area contributed by atoms with Crippen LogP contribution in [0.3, 0.4) is 0 Å². The highest BCUT2D eigenvalue weighted by Gasteiger charge is 2.74. The first kappa shape index (κ1) is 19.0. The summed E-state index contributed by atoms with van der Waals surface area (Å²) in [6.07, 6.45) is 4.68. The van der Waals surface area contributed by atoms with E-state index < -0.39 is 34.1 Å². The van der Waals surface area contributed by atoms with Crippen LogP contribution in [-0.4, -0.2) is 39.2 Å². The van der Waals surface area contributed by atoms with Crippen molar-refractivity contribution in [3.63, 3.8) is 0 Å². The number of halogens is 1. The first-order valence-corrected chi connectivity index (χ1v) is 9.97. The number of hydrogen-bond acceptors (Lipinski definition) is 4. The highest BCUT2D eigenvalue weighted by molar-refractivity contribution is 6.01. The molecule has 0 bridgehead atoms. The van der Waals surface area contributed by atoms with Crippen molar-refractivity contribution in [2.45, 2.75) is 70.8 Å². The fourth-order valence-electron chi connectivity index (χ4n) is 7.18. The van der Waals surface area contributed by atoms with Crippen LogP contribution in [0.4, 0.5) is 4.39 Å². The minimum absolute atomic E-state index is 0.00153. The van der Waals surface area contributed by atoms with Crippen LogP contribution < -0.4 is 0 Å². The molecular weight excluding hydrogens is 347 g/mol. The summed E-state index contributed by atoms with van der Waals surface area (Å²) in [4.78, 5) is 24.2. The van der Waals surface area contributed by atoms with E-state index in [2.05, 4.69) is 0 Å². The Morgan fingerprint density at radius 1 is 1.30 bits per heavy atom. The average Bonchev–Trinajstić information content (AvgIpc) is 2.85. The van der Waals surface area contributed by atoms with Crippen molar-refractivity contribution in [3.8, 4) is 0 Å². The van der Waals surface area contributed by atoms with Crippen LogP contribution in [0.15, 0.2) is 23.8 Å². The highest BCUT2D eigenvalue weighted by Crippen LogP contribution is 2.70. The number of carbonyl (C=O) groups is 2. The number of rotatable bonds is 1. The standard InChI is InChI=1S/C22H29FO4/c1-12-9-17-15-6-8-21(27,13(2)24)20(15,4)11-18(26)22(17,23)19(3)7-5-14(25)10-16(12)19/h5,7,10,12,15,17-18,26-27H,6,8-9,11H2,1-4H3/t12?,15?,17?,18?,19-,20-,21-,22-/m0/s1. The Morgan fingerprint density at radius 3 is 2.59 bits per heavy atom. The highest BCUT2D eigenvalue weighted by atomic mass is 19.1. The van der Waals surface area contributed by atoms with Gasteiger partial charge in [-0.3, -0.25) is 9.59 Å². The Balaban J connectivity index is 1.86. The van der Waals surface area contributed by atoms with Crippen LogP contribution in [0, 0.1) is 28.6 Å². The molecule has 4 nitrogen and oxygen atoms in total. The summed E-state index contributed by atoms with van der Waals surface area (Å²) in [5, 5.41) is 22.3. The molecule has 0 aliphatic heterocycles. The topological polar surface area (TPSA) is 74.6 Å². The summed E-state index contributed by atoms with van der Waals surface area (Å²) < 4.78 is 16.9. The molecule has 4 rings (SSSR count). The Labute approximate surface area is 159 Å². The van der Waals surface area contributed by atoms with Crippen molar-refractivity contribution in [2.75, 3.05) is 0 Å². The summed E-state index contributed by atoms with van der Waals surface area (Å²) in [5.41, 5.74) is -4.59. The van der Waals surface area contributed by atoms with Gasteiger partial charge in [0.1, 0.15) is 5.60 Å². The van der Waals surface area contributed by atoms with Gasteiger partial charge in [0.05, 0.1) is 6.10 Å². The van der Waals surface area contributed by atoms with Crippen molar-refractivity contribution < 1.29 is 24.2 Å². The number of hydrogen-bond donors (Lipinski definition) is 2. The summed E-state index contributed by atoms with van der Waals surface area (Å²) in [5.74, 6) is -1.11. The molecule has 0 aromatic heterocycles. The number of aliphatic hydroxyl groups excluding tert-OH is 1. The van der Waals surface area contributed by atoms with Gasteiger partial charge in [0.15, 0.2) is 17.2 Å². The van der Waals surface area contributed by atoms with Crippen LogP contribution >= 0.6 is 0 Å². The lowest BCUT2D eigenvalue weighted by Gasteiger charge is -2.63. The van der Waals surface area contributed by atoms with E-state index in [1.807, 2.05) is 13.8 Å². The van der Waals surface area contributed by atoms with Gasteiger partial charge in [0, 0.05) is 16.7 Å². The average molecular weight is 376 g/mol. The van der Waals surface area contributed by atoms with E-state index in [0.717, 1.165) is 5.57 Å². The molecule has 0 aromatic carbocycles. The zero-order valence-electron chi connectivity index (χ0n) is 16.5. The molecule has 4 aliphatic rings. The molecule has 5 heteroatoms. The van der Waals surface area contributed by atoms with Gasteiger partial charge in [-0.2, -0.15) is 0 Å². The molecule has 0 saturated heterocycles. The van der Waals surface area contributed by atoms with Crippen molar-refractivity contribution in [3.05, 3.63) is 23.8 Å². The van der Waals surface area contributed by atoms with Crippen molar-refractivity contribution in [1.29, 1.82) is 0 Å². The second-order valence-electron chi connectivity index (χ2n) is 9.75. The van der Waals surface area contributed by atoms with Crippen LogP contribution in [0.5, 0.6) is 0 Å². The molecule has 0 aromatic rings. The molecule has 0 heterocycles. The van der Waals surface area contributed by atoms with E-state index in [4.69, 9.17) is 0 Å². The monoisotopic (exact) mass is 376 g/mol. The first-order chi connectivity index (χ1) is 12.4. The zero-order valence-corrected chi connectivity index (χ0v) is 16.5. The molecule has 3 saturated carbocycles. The summed E-state index contributed by atoms with van der Waals surface area (Å²) >= 11 is 0. The third-order valence-corrected chi connectivity index (χ3v) is 8.70. The van der Waals surface area contributed by atoms with Gasteiger partial charge in [0.25, 0.3) is 0 Å². The molecule has 0 radical (unpaired) electrons. The Morgan fingerprint density at radius 2 is 1.96 bits per heavy atom. The molecule has 8 atom stereocenters. The second-order valence-corrected chi connectivity index (χ2v) is 9.75. The van der Waals surface area contributed by atoms with Crippen molar-refractivity contribution in [2.24, 2.45) is 28.6 Å². The van der Waals surface area contributed by atoms with Crippen LogP contribution in [0.25, 0.3) is 0 Å². The fraction of sp³-hybridized carbons (Fsp3) is 0.727. The molecule has 0 amide bonds. The van der Waals surface area contributed by atoms with E-state index in [9.17, 15) is 19.8 Å². The second kappa shape index (κ2) is 5.38. The lowest BCUT2D eigenvalue weighted by Crippen LogP contribution is -2.69. The Hall–Kier alpha value is -1.33. The molecule has 3 fully saturated rings. The smallest absolute Gasteiger partial charge is 0.178 e. The van der Waals surface area contributed by atoms with Gasteiger partial charge >= 0.3 is 0 Å². The maximum atomic E-state index is 16.9. The number of aliphatic hydroxyl groups is 2. The number of Topliss-reactive ketones (excluding diaryl/α,β-unsaturated/α-hetero) is 1. The lowest BCUT2D eigenvalue weighted by molar-refractivity contribution is -0.219. The molecule has 4 unspecified atom stereocenters. The van der Waals surface area contributed by atoms with Gasteiger partial charge in [-0.15, -0.1) is 0 Å². The number of fused-ring (bicyclic) bond motifs is 5. The molecular formula is C22H29FO4. The van der Waals surface area contributed by atoms with Crippen LogP contribution in [0.2, 0.25) is 0 Å². The first-order valence-electron chi connectivity index (χ1n) is 9.97. The number of carbonyl (C=O) groups excluding carboxylic acids is 2. The number of ketones is 2. The van der Waals surface area contributed by atoms with Crippen LogP contribution in [-0.2, 0) is 9.59 Å². The third-order valence-electron chi connectivity index (χ3n) is 8.70. The van der Waals surface area contributed by atoms with Gasteiger partial charge in [0.2, 0.25) is 0 Å². The van der Waals surface area contributed by atoms with E-state index in [0.29, 0.717) is 19.3 Å². The maximum Gasteiger partial charge on any atom is 0.178 e. The Bertz CT molecular complexity index is 787. The minimum atomic E-state index is -1.92. The zero-order chi connectivity index (χ0) is 20.0. The maximum absolute atomic E-state index is 16.9. The Kier molecular flexibility index (Phi) is 3.79. The summed E-state index contributed by atoms with van der Waals surface area (Å²) in [6, 6.07) is 0. The molecule has 4 aliphatic carbocycles. The largest absolute Gasteiger partial charge is 0.390 e. The number of allylic oxidation sites excluding steroid dienone is 4. The molecule has 27 heavy (non-hydrogen) atoms. The molecule has 2 N–H and O–H groups in total. The third kappa shape index (κ3) is 2.00.